The second kappa shape index (κ2) is 7.68. The van der Waals surface area contributed by atoms with Gasteiger partial charge in [0.2, 0.25) is 0 Å². The number of nitrogens with one attached hydrogen (secondary N) is 1. The lowest BCUT2D eigenvalue weighted by molar-refractivity contribution is 0.0819. The van der Waals surface area contributed by atoms with Crippen molar-refractivity contribution in [2.75, 3.05) is 20.6 Å². The normalized spacial score (nSPS) is 21.5. The number of hydrogen-bond acceptors (Lipinski definition) is 3. The predicted molar refractivity (Wildman–Crippen MR) is 96.3 cm³/mol. The first kappa shape index (κ1) is 17.5. The van der Waals surface area contributed by atoms with Gasteiger partial charge in [-0.1, -0.05) is 26.2 Å². The van der Waals surface area contributed by atoms with Crippen molar-refractivity contribution < 1.29 is 4.79 Å². The molecule has 0 spiro atoms. The molecule has 134 valence electrons. The van der Waals surface area contributed by atoms with E-state index in [2.05, 4.69) is 16.9 Å². The molecule has 0 radical (unpaired) electrons. The number of aromatic nitrogens is 2. The highest BCUT2D eigenvalue weighted by Crippen LogP contribution is 2.29. The van der Waals surface area contributed by atoms with E-state index in [1.165, 1.54) is 43.4 Å². The molecule has 1 heterocycles. The fourth-order valence-electron chi connectivity index (χ4n) is 4.30. The van der Waals surface area contributed by atoms with Crippen LogP contribution in [0.4, 0.5) is 0 Å². The van der Waals surface area contributed by atoms with Crippen molar-refractivity contribution in [2.45, 2.75) is 70.9 Å². The van der Waals surface area contributed by atoms with Gasteiger partial charge >= 0.3 is 0 Å². The Balaban J connectivity index is 1.87. The van der Waals surface area contributed by atoms with E-state index in [1.807, 2.05) is 14.1 Å². The number of rotatable bonds is 5. The van der Waals surface area contributed by atoms with Crippen LogP contribution >= 0.6 is 0 Å². The molecule has 2 aliphatic carbocycles. The minimum atomic E-state index is 0.0470. The maximum Gasteiger partial charge on any atom is 0.274 e. The van der Waals surface area contributed by atoms with Crippen molar-refractivity contribution in [3.63, 3.8) is 0 Å². The number of likely N-dealkylation sites (N-methyl/N-ethyl adjacent to an activating group) is 1. The quantitative estimate of drug-likeness (QED) is 0.902. The van der Waals surface area contributed by atoms with Crippen LogP contribution in [0.25, 0.3) is 0 Å². The number of fused-ring (bicyclic) bond motifs is 1. The summed E-state index contributed by atoms with van der Waals surface area (Å²) in [5.41, 5.74) is 3.20. The van der Waals surface area contributed by atoms with Gasteiger partial charge in [-0.2, -0.15) is 5.10 Å². The highest BCUT2D eigenvalue weighted by atomic mass is 16.2. The molecule has 2 aliphatic rings. The van der Waals surface area contributed by atoms with Crippen molar-refractivity contribution >= 4 is 5.91 Å². The van der Waals surface area contributed by atoms with Crippen LogP contribution in [-0.4, -0.2) is 47.3 Å². The summed E-state index contributed by atoms with van der Waals surface area (Å²) in [6, 6.07) is 0.476. The van der Waals surface area contributed by atoms with E-state index in [4.69, 9.17) is 5.10 Å². The molecular formula is C19H32N4O. The van der Waals surface area contributed by atoms with E-state index < -0.39 is 0 Å². The smallest absolute Gasteiger partial charge is 0.274 e. The first-order chi connectivity index (χ1) is 11.6. The third kappa shape index (κ3) is 3.66. The second-order valence-corrected chi connectivity index (χ2v) is 7.66. The molecule has 1 aromatic rings. The summed E-state index contributed by atoms with van der Waals surface area (Å²) in [5.74, 6) is 0.780. The van der Waals surface area contributed by atoms with Gasteiger partial charge in [0.25, 0.3) is 5.91 Å². The lowest BCUT2D eigenvalue weighted by Gasteiger charge is -2.26. The molecule has 24 heavy (non-hydrogen) atoms. The van der Waals surface area contributed by atoms with Crippen LogP contribution in [0, 0.1) is 5.92 Å². The monoisotopic (exact) mass is 332 g/mol. The number of carbonyl (C=O) groups is 1. The van der Waals surface area contributed by atoms with E-state index in [1.54, 1.807) is 4.90 Å². The van der Waals surface area contributed by atoms with Crippen LogP contribution in [-0.2, 0) is 19.4 Å². The van der Waals surface area contributed by atoms with Crippen molar-refractivity contribution in [2.24, 2.45) is 5.92 Å². The molecule has 5 nitrogen and oxygen atoms in total. The Morgan fingerprint density at radius 1 is 1.25 bits per heavy atom. The first-order valence-corrected chi connectivity index (χ1v) is 9.63. The predicted octanol–water partition coefficient (Wildman–Crippen LogP) is 2.63. The largest absolute Gasteiger partial charge is 0.343 e. The molecule has 0 saturated heterocycles. The van der Waals surface area contributed by atoms with Crippen LogP contribution in [0.1, 0.15) is 67.2 Å². The first-order valence-electron chi connectivity index (χ1n) is 9.63. The topological polar surface area (TPSA) is 50.2 Å². The lowest BCUT2D eigenvalue weighted by Crippen LogP contribution is -2.35. The summed E-state index contributed by atoms with van der Waals surface area (Å²) in [6.45, 7) is 4.12. The molecule has 1 saturated carbocycles. The molecule has 1 amide bonds. The number of nitrogens with zero attached hydrogens (tertiary/aromatic N) is 3. The Morgan fingerprint density at radius 3 is 2.67 bits per heavy atom. The van der Waals surface area contributed by atoms with Crippen LogP contribution in [0.15, 0.2) is 0 Å². The van der Waals surface area contributed by atoms with Crippen LogP contribution in [0.5, 0.6) is 0 Å². The maximum absolute atomic E-state index is 12.6. The molecule has 0 aromatic carbocycles. The van der Waals surface area contributed by atoms with Gasteiger partial charge in [0.1, 0.15) is 0 Å². The van der Waals surface area contributed by atoms with Crippen molar-refractivity contribution in [3.8, 4) is 0 Å². The minimum absolute atomic E-state index is 0.0470. The van der Waals surface area contributed by atoms with Crippen LogP contribution in [0.2, 0.25) is 0 Å². The number of carbonyl (C=O) groups excluding carboxylic acids is 1. The summed E-state index contributed by atoms with van der Waals surface area (Å²) in [4.78, 5) is 14.3. The SMILES string of the molecule is CCNC1CCc2c(c(C(=O)N(C)C)nn2CC2CCCCC2)C1. The Labute approximate surface area is 145 Å². The molecule has 1 unspecified atom stereocenters. The van der Waals surface area contributed by atoms with E-state index in [9.17, 15) is 4.79 Å². The Kier molecular flexibility index (Phi) is 5.59. The third-order valence-electron chi connectivity index (χ3n) is 5.60. The summed E-state index contributed by atoms with van der Waals surface area (Å²) in [7, 11) is 3.64. The van der Waals surface area contributed by atoms with E-state index in [0.717, 1.165) is 38.3 Å². The zero-order valence-electron chi connectivity index (χ0n) is 15.5. The zero-order chi connectivity index (χ0) is 17.1. The zero-order valence-corrected chi connectivity index (χ0v) is 15.5. The molecule has 1 aromatic heterocycles. The minimum Gasteiger partial charge on any atom is -0.343 e. The van der Waals surface area contributed by atoms with Gasteiger partial charge in [0, 0.05) is 37.9 Å². The summed E-state index contributed by atoms with van der Waals surface area (Å²) in [5, 5.41) is 8.35. The maximum atomic E-state index is 12.6. The second-order valence-electron chi connectivity index (χ2n) is 7.66. The summed E-state index contributed by atoms with van der Waals surface area (Å²) < 4.78 is 2.18. The van der Waals surface area contributed by atoms with Crippen LogP contribution < -0.4 is 5.32 Å². The summed E-state index contributed by atoms with van der Waals surface area (Å²) >= 11 is 0. The van der Waals surface area contributed by atoms with Gasteiger partial charge in [-0.25, -0.2) is 0 Å². The fourth-order valence-corrected chi connectivity index (χ4v) is 4.30. The molecule has 1 atom stereocenters. The third-order valence-corrected chi connectivity index (χ3v) is 5.60. The molecule has 0 bridgehead atoms. The lowest BCUT2D eigenvalue weighted by atomic mass is 9.88. The van der Waals surface area contributed by atoms with Crippen molar-refractivity contribution in [1.29, 1.82) is 0 Å². The van der Waals surface area contributed by atoms with Crippen LogP contribution in [0.3, 0.4) is 0 Å². The average molecular weight is 332 g/mol. The van der Waals surface area contributed by atoms with E-state index in [0.29, 0.717) is 11.7 Å². The molecule has 3 rings (SSSR count). The fraction of sp³-hybridized carbons (Fsp3) is 0.789. The molecule has 1 fully saturated rings. The highest BCUT2D eigenvalue weighted by Gasteiger charge is 2.30. The Morgan fingerprint density at radius 2 is 2.00 bits per heavy atom. The molecular weight excluding hydrogens is 300 g/mol. The Hall–Kier alpha value is -1.36. The Bertz CT molecular complexity index is 572. The van der Waals surface area contributed by atoms with Gasteiger partial charge in [0.15, 0.2) is 5.69 Å². The van der Waals surface area contributed by atoms with Gasteiger partial charge < -0.3 is 10.2 Å². The number of amides is 1. The number of hydrogen-bond donors (Lipinski definition) is 1. The highest BCUT2D eigenvalue weighted by molar-refractivity contribution is 5.93. The molecule has 1 N–H and O–H groups in total. The molecule has 0 aliphatic heterocycles. The summed E-state index contributed by atoms with van der Waals surface area (Å²) in [6.07, 6.45) is 9.81. The van der Waals surface area contributed by atoms with Crippen molar-refractivity contribution in [3.05, 3.63) is 17.0 Å². The van der Waals surface area contributed by atoms with Gasteiger partial charge in [0.05, 0.1) is 0 Å². The van der Waals surface area contributed by atoms with Crippen molar-refractivity contribution in [1.82, 2.24) is 20.0 Å². The standard InChI is InChI=1S/C19H32N4O/c1-4-20-15-10-11-17-16(12-15)18(19(24)22(2)3)21-23(17)13-14-8-6-5-7-9-14/h14-15,20H,4-13H2,1-3H3. The van der Waals surface area contributed by atoms with Gasteiger partial charge in [-0.05, 0) is 44.6 Å². The van der Waals surface area contributed by atoms with E-state index >= 15 is 0 Å². The average Bonchev–Trinajstić information content (AvgIpc) is 2.93. The van der Waals surface area contributed by atoms with Gasteiger partial charge in [-0.15, -0.1) is 0 Å². The molecule has 5 heteroatoms. The van der Waals surface area contributed by atoms with E-state index in [-0.39, 0.29) is 5.91 Å². The van der Waals surface area contributed by atoms with Gasteiger partial charge in [-0.3, -0.25) is 9.48 Å².